The lowest BCUT2D eigenvalue weighted by Crippen LogP contribution is -2.51. The molecule has 0 atom stereocenters. The third kappa shape index (κ3) is 8.05. The fourth-order valence-electron chi connectivity index (χ4n) is 8.95. The van der Waals surface area contributed by atoms with Gasteiger partial charge in [-0.25, -0.2) is 4.79 Å². The largest absolute Gasteiger partial charge is 0.357 e. The summed E-state index contributed by atoms with van der Waals surface area (Å²) in [7, 11) is 4.55. The fourth-order valence-corrected chi connectivity index (χ4v) is 8.95. The number of nitrogens with zero attached hydrogens (tertiary/aromatic N) is 1. The summed E-state index contributed by atoms with van der Waals surface area (Å²) in [5.74, 6) is 0. The fraction of sp³-hybridized carbons (Fsp3) is 0.477. The summed E-state index contributed by atoms with van der Waals surface area (Å²) in [6, 6.07) is 27.3. The minimum atomic E-state index is -0.185. The molecular weight excluding hydrogens is 629 g/mol. The van der Waals surface area contributed by atoms with Gasteiger partial charge in [-0.1, -0.05) is 93.6 Å². The third-order valence-corrected chi connectivity index (χ3v) is 12.1. The molecule has 2 aliphatic carbocycles. The molecule has 272 valence electrons. The van der Waals surface area contributed by atoms with Crippen molar-refractivity contribution < 1.29 is 4.79 Å². The lowest BCUT2D eigenvalue weighted by Gasteiger charge is -2.50. The Morgan fingerprint density at radius 1 is 0.824 bits per heavy atom. The lowest BCUT2D eigenvalue weighted by molar-refractivity contribution is 0.0643. The van der Waals surface area contributed by atoms with Gasteiger partial charge in [0.1, 0.15) is 0 Å². The van der Waals surface area contributed by atoms with Crippen LogP contribution in [0, 0.1) is 6.92 Å². The summed E-state index contributed by atoms with van der Waals surface area (Å²) >= 11 is 0. The highest BCUT2D eigenvalue weighted by Crippen LogP contribution is 2.53. The van der Waals surface area contributed by atoms with Crippen molar-refractivity contribution in [3.63, 3.8) is 0 Å². The van der Waals surface area contributed by atoms with Crippen molar-refractivity contribution in [1.82, 2.24) is 20.2 Å². The maximum absolute atomic E-state index is 12.8. The number of hydrogen-bond acceptors (Lipinski definition) is 3. The number of amides is 2. The van der Waals surface area contributed by atoms with Gasteiger partial charge in [-0.2, -0.15) is 0 Å². The van der Waals surface area contributed by atoms with E-state index in [1.165, 1.54) is 90.2 Å². The highest BCUT2D eigenvalue weighted by molar-refractivity contribution is 5.90. The van der Waals surface area contributed by atoms with Crippen LogP contribution in [0.25, 0.3) is 21.8 Å². The Balaban J connectivity index is 0.000000573. The molecule has 5 aromatic rings. The van der Waals surface area contributed by atoms with Crippen LogP contribution in [-0.2, 0) is 11.8 Å². The summed E-state index contributed by atoms with van der Waals surface area (Å²) in [5, 5.41) is 8.63. The topological polar surface area (TPSA) is 102 Å². The molecule has 0 bridgehead atoms. The molecule has 2 aromatic heterocycles. The van der Waals surface area contributed by atoms with Gasteiger partial charge in [-0.3, -0.25) is 0 Å². The summed E-state index contributed by atoms with van der Waals surface area (Å²) in [6.45, 7) is 5.14. The van der Waals surface area contributed by atoms with Crippen LogP contribution in [0.15, 0.2) is 78.9 Å². The molecule has 2 heterocycles. The van der Waals surface area contributed by atoms with E-state index in [4.69, 9.17) is 5.73 Å². The smallest absolute Gasteiger partial charge is 0.319 e. The second-order valence-corrected chi connectivity index (χ2v) is 15.4. The Labute approximate surface area is 305 Å². The van der Waals surface area contributed by atoms with Crippen molar-refractivity contribution in [1.29, 1.82) is 0 Å². The molecule has 0 spiro atoms. The zero-order chi connectivity index (χ0) is 35.8. The van der Waals surface area contributed by atoms with E-state index in [1.54, 1.807) is 0 Å². The molecule has 7 nitrogen and oxygen atoms in total. The van der Waals surface area contributed by atoms with Gasteiger partial charge >= 0.3 is 6.03 Å². The Morgan fingerprint density at radius 2 is 1.43 bits per heavy atom. The summed E-state index contributed by atoms with van der Waals surface area (Å²) in [6.07, 6.45) is 15.5. The van der Waals surface area contributed by atoms with Gasteiger partial charge in [0, 0.05) is 57.0 Å². The van der Waals surface area contributed by atoms with Gasteiger partial charge < -0.3 is 31.2 Å². The number of hydrogen-bond donors (Lipinski definition) is 5. The number of anilines is 1. The molecule has 2 amide bonds. The van der Waals surface area contributed by atoms with Gasteiger partial charge in [0.25, 0.3) is 0 Å². The van der Waals surface area contributed by atoms with Crippen LogP contribution in [-0.4, -0.2) is 53.1 Å². The van der Waals surface area contributed by atoms with E-state index < -0.39 is 0 Å². The van der Waals surface area contributed by atoms with Crippen molar-refractivity contribution in [3.8, 4) is 0 Å². The van der Waals surface area contributed by atoms with E-state index >= 15 is 0 Å². The Kier molecular flexibility index (Phi) is 11.9. The molecule has 0 unspecified atom stereocenters. The monoisotopic (exact) mass is 688 g/mol. The van der Waals surface area contributed by atoms with Crippen LogP contribution < -0.4 is 16.4 Å². The number of unbranched alkanes of at least 4 members (excludes halogenated alkanes) is 1. The van der Waals surface area contributed by atoms with Gasteiger partial charge in [0.05, 0.1) is 5.41 Å². The predicted octanol–water partition coefficient (Wildman–Crippen LogP) is 9.95. The maximum atomic E-state index is 12.8. The van der Waals surface area contributed by atoms with E-state index in [1.807, 2.05) is 30.3 Å². The molecular formula is C44H60N6O. The van der Waals surface area contributed by atoms with E-state index in [9.17, 15) is 4.79 Å². The summed E-state index contributed by atoms with van der Waals surface area (Å²) in [4.78, 5) is 23.2. The van der Waals surface area contributed by atoms with Crippen LogP contribution in [0.1, 0.15) is 106 Å². The van der Waals surface area contributed by atoms with Crippen molar-refractivity contribution in [2.75, 3.05) is 26.0 Å². The number of aryl methyl sites for hydroxylation is 1. The number of carbonyl (C=O) groups is 1. The molecule has 0 aliphatic heterocycles. The van der Waals surface area contributed by atoms with Crippen molar-refractivity contribution >= 4 is 33.5 Å². The van der Waals surface area contributed by atoms with E-state index in [0.29, 0.717) is 12.6 Å². The number of H-pyrrole nitrogens is 2. The SMILES string of the molecule is CCCCC1(N(C)C)CCC(c2[nH]c3ccccc3c2C)(c2[nH]c3ccccc3c2CCNC(=O)Nc2ccccc2)CC1.NC1CCCCC1. The van der Waals surface area contributed by atoms with Crippen LogP contribution >= 0.6 is 0 Å². The van der Waals surface area contributed by atoms with Gasteiger partial charge in [0.15, 0.2) is 0 Å². The summed E-state index contributed by atoms with van der Waals surface area (Å²) < 4.78 is 0. The second kappa shape index (κ2) is 16.5. The summed E-state index contributed by atoms with van der Waals surface area (Å²) in [5.41, 5.74) is 14.1. The highest BCUT2D eigenvalue weighted by atomic mass is 16.2. The molecule has 2 aliphatic rings. The Hall–Kier alpha value is -4.07. The average Bonchev–Trinajstić information content (AvgIpc) is 3.70. The van der Waals surface area contributed by atoms with Gasteiger partial charge in [-0.15, -0.1) is 0 Å². The lowest BCUT2D eigenvalue weighted by atomic mass is 9.61. The molecule has 0 radical (unpaired) electrons. The zero-order valence-corrected chi connectivity index (χ0v) is 31.4. The number of nitrogens with two attached hydrogens (primary N) is 1. The Morgan fingerprint density at radius 3 is 2.04 bits per heavy atom. The molecule has 7 heteroatoms. The molecule has 0 saturated heterocycles. The first-order valence-corrected chi connectivity index (χ1v) is 19.5. The molecule has 2 saturated carbocycles. The number of para-hydroxylation sites is 3. The van der Waals surface area contributed by atoms with Crippen LogP contribution in [0.2, 0.25) is 0 Å². The first kappa shape index (κ1) is 36.7. The number of carbonyl (C=O) groups excluding carboxylic acids is 1. The number of rotatable bonds is 10. The van der Waals surface area contributed by atoms with Crippen molar-refractivity contribution in [2.24, 2.45) is 5.73 Å². The van der Waals surface area contributed by atoms with Crippen LogP contribution in [0.4, 0.5) is 10.5 Å². The highest BCUT2D eigenvalue weighted by Gasteiger charge is 2.48. The first-order chi connectivity index (χ1) is 24.8. The molecule has 2 fully saturated rings. The zero-order valence-electron chi connectivity index (χ0n) is 31.4. The molecule has 7 rings (SSSR count). The van der Waals surface area contributed by atoms with E-state index in [2.05, 4.69) is 102 Å². The first-order valence-electron chi connectivity index (χ1n) is 19.5. The minimum Gasteiger partial charge on any atom is -0.357 e. The third-order valence-electron chi connectivity index (χ3n) is 12.1. The van der Waals surface area contributed by atoms with Crippen molar-refractivity contribution in [2.45, 2.75) is 114 Å². The van der Waals surface area contributed by atoms with Crippen molar-refractivity contribution in [3.05, 3.63) is 101 Å². The Bertz CT molecular complexity index is 1860. The number of urea groups is 1. The molecule has 3 aromatic carbocycles. The normalized spacial score (nSPS) is 21.1. The second-order valence-electron chi connectivity index (χ2n) is 15.4. The molecule has 6 N–H and O–H groups in total. The standard InChI is InChI=1S/C38H47N5O.C6H13N/c1-5-6-21-37(43(3)4)22-24-38(25-23-37,34-27(2)29-16-10-12-18-32(29)41-34)35-31(30-17-11-13-19-33(30)42-35)20-26-39-36(44)40-28-14-8-7-9-15-28;7-6-4-2-1-3-5-6/h7-19,41-42H,5-6,20-26H2,1-4H3,(H2,39,40,44);6H,1-5,7H2. The molecule has 51 heavy (non-hydrogen) atoms. The minimum absolute atomic E-state index is 0.178. The van der Waals surface area contributed by atoms with Crippen LogP contribution in [0.5, 0.6) is 0 Å². The maximum Gasteiger partial charge on any atom is 0.319 e. The van der Waals surface area contributed by atoms with Gasteiger partial charge in [0.2, 0.25) is 0 Å². The number of aromatic amines is 2. The number of aromatic nitrogens is 2. The van der Waals surface area contributed by atoms with Gasteiger partial charge in [-0.05, 0) is 108 Å². The predicted molar refractivity (Wildman–Crippen MR) is 215 cm³/mol. The van der Waals surface area contributed by atoms with Crippen LogP contribution in [0.3, 0.4) is 0 Å². The number of benzene rings is 3. The van der Waals surface area contributed by atoms with E-state index in [-0.39, 0.29) is 17.0 Å². The number of fused-ring (bicyclic) bond motifs is 2. The quantitative estimate of drug-likeness (QED) is 0.101. The van der Waals surface area contributed by atoms with E-state index in [0.717, 1.165) is 43.3 Å². The number of nitrogens with one attached hydrogen (secondary N) is 4. The average molecular weight is 689 g/mol.